The molecule has 0 aromatic carbocycles. The van der Waals surface area contributed by atoms with Gasteiger partial charge in [-0.15, -0.1) is 11.3 Å². The Labute approximate surface area is 129 Å². The molecule has 3 aromatic rings. The summed E-state index contributed by atoms with van der Waals surface area (Å²) in [6.07, 6.45) is -4.76. The van der Waals surface area contributed by atoms with Crippen LogP contribution in [0, 0.1) is 0 Å². The molecule has 3 aromatic heterocycles. The van der Waals surface area contributed by atoms with Gasteiger partial charge in [0.2, 0.25) is 0 Å². The molecule has 0 spiro atoms. The molecule has 0 N–H and O–H groups in total. The number of nitrogens with zero attached hydrogens (tertiary/aromatic N) is 3. The Morgan fingerprint density at radius 3 is 2.68 bits per heavy atom. The summed E-state index contributed by atoms with van der Waals surface area (Å²) >= 11 is 6.97. The Balaban J connectivity index is 2.39. The first-order valence-electron chi connectivity index (χ1n) is 5.70. The van der Waals surface area contributed by atoms with Crippen LogP contribution >= 0.6 is 22.9 Å². The number of carbonyl (C=O) groups is 1. The first kappa shape index (κ1) is 14.8. The quantitative estimate of drug-likeness (QED) is 0.715. The van der Waals surface area contributed by atoms with Crippen LogP contribution in [0.15, 0.2) is 23.6 Å². The number of carboxylic acids is 1. The first-order valence-corrected chi connectivity index (χ1v) is 6.96. The van der Waals surface area contributed by atoms with Crippen molar-refractivity contribution >= 4 is 34.6 Å². The number of thiophene rings is 1. The van der Waals surface area contributed by atoms with Crippen LogP contribution in [-0.4, -0.2) is 20.6 Å². The van der Waals surface area contributed by atoms with E-state index in [2.05, 4.69) is 10.1 Å². The normalized spacial score (nSPS) is 12.0. The molecule has 10 heteroatoms. The summed E-state index contributed by atoms with van der Waals surface area (Å²) in [5.41, 5.74) is -2.32. The highest BCUT2D eigenvalue weighted by Gasteiger charge is 2.36. The van der Waals surface area contributed by atoms with Crippen molar-refractivity contribution in [3.8, 4) is 10.6 Å². The van der Waals surface area contributed by atoms with Crippen molar-refractivity contribution in [3.05, 3.63) is 40.0 Å². The van der Waals surface area contributed by atoms with Crippen LogP contribution in [0.4, 0.5) is 13.2 Å². The van der Waals surface area contributed by atoms with Gasteiger partial charge in [0.25, 0.3) is 0 Å². The molecule has 0 radical (unpaired) electrons. The molecule has 0 aliphatic heterocycles. The molecule has 0 saturated carbocycles. The van der Waals surface area contributed by atoms with Crippen molar-refractivity contribution in [2.75, 3.05) is 0 Å². The van der Waals surface area contributed by atoms with Gasteiger partial charge in [-0.25, -0.2) is 9.50 Å². The van der Waals surface area contributed by atoms with Crippen molar-refractivity contribution in [2.45, 2.75) is 6.18 Å². The maximum atomic E-state index is 13.2. The van der Waals surface area contributed by atoms with Gasteiger partial charge in [0.05, 0.1) is 16.5 Å². The fourth-order valence-electron chi connectivity index (χ4n) is 1.87. The highest BCUT2D eigenvalue weighted by Crippen LogP contribution is 2.35. The minimum absolute atomic E-state index is 0.0292. The minimum Gasteiger partial charge on any atom is -0.543 e. The molecule has 0 saturated heterocycles. The molecule has 0 aliphatic rings. The lowest BCUT2D eigenvalue weighted by molar-refractivity contribution is -0.255. The van der Waals surface area contributed by atoms with Crippen LogP contribution in [0.2, 0.25) is 5.02 Å². The van der Waals surface area contributed by atoms with Crippen LogP contribution in [0.1, 0.15) is 16.2 Å². The summed E-state index contributed by atoms with van der Waals surface area (Å²) < 4.78 is 39.9. The monoisotopic (exact) mass is 346 g/mol. The standard InChI is InChI=1S/C12H5ClF3N3O2S/c13-8-9(11(20)21)18-19-7(12(14,15)16)4-5(17-10(8)19)6-2-1-3-22-6/h1-4H,(H,20,21)/p-1. The van der Waals surface area contributed by atoms with Gasteiger partial charge in [-0.3, -0.25) is 0 Å². The van der Waals surface area contributed by atoms with Crippen LogP contribution in [0.5, 0.6) is 0 Å². The van der Waals surface area contributed by atoms with E-state index in [0.717, 1.165) is 6.07 Å². The van der Waals surface area contributed by atoms with Gasteiger partial charge < -0.3 is 9.90 Å². The van der Waals surface area contributed by atoms with Gasteiger partial charge >= 0.3 is 6.18 Å². The molecule has 0 unspecified atom stereocenters. The van der Waals surface area contributed by atoms with E-state index in [1.807, 2.05) is 0 Å². The molecule has 0 amide bonds. The molecule has 0 bridgehead atoms. The number of hydrogen-bond donors (Lipinski definition) is 0. The average molecular weight is 347 g/mol. The molecule has 22 heavy (non-hydrogen) atoms. The summed E-state index contributed by atoms with van der Waals surface area (Å²) in [6.45, 7) is 0. The van der Waals surface area contributed by atoms with Gasteiger partial charge in [0.15, 0.2) is 11.3 Å². The predicted octanol–water partition coefficient (Wildman–Crippen LogP) is 2.49. The van der Waals surface area contributed by atoms with Crippen LogP contribution in [0.3, 0.4) is 0 Å². The highest BCUT2D eigenvalue weighted by atomic mass is 35.5. The molecule has 0 atom stereocenters. The van der Waals surface area contributed by atoms with Crippen molar-refractivity contribution < 1.29 is 23.1 Å². The van der Waals surface area contributed by atoms with E-state index in [9.17, 15) is 23.1 Å². The van der Waals surface area contributed by atoms with Gasteiger partial charge in [-0.05, 0) is 17.5 Å². The topological polar surface area (TPSA) is 70.3 Å². The number of halogens is 4. The van der Waals surface area contributed by atoms with Crippen molar-refractivity contribution in [3.63, 3.8) is 0 Å². The zero-order chi connectivity index (χ0) is 16.1. The fourth-order valence-corrected chi connectivity index (χ4v) is 2.80. The highest BCUT2D eigenvalue weighted by molar-refractivity contribution is 7.13. The number of rotatable bonds is 2. The summed E-state index contributed by atoms with van der Waals surface area (Å²) in [5, 5.41) is 15.4. The van der Waals surface area contributed by atoms with E-state index in [-0.39, 0.29) is 11.3 Å². The van der Waals surface area contributed by atoms with E-state index in [4.69, 9.17) is 11.6 Å². The Morgan fingerprint density at radius 1 is 1.41 bits per heavy atom. The molecule has 114 valence electrons. The summed E-state index contributed by atoms with van der Waals surface area (Å²) in [5.74, 6) is -1.78. The molecular weight excluding hydrogens is 343 g/mol. The fraction of sp³-hybridized carbons (Fsp3) is 0.0833. The Kier molecular flexibility index (Phi) is 3.33. The third kappa shape index (κ3) is 2.32. The smallest absolute Gasteiger partial charge is 0.433 e. The largest absolute Gasteiger partial charge is 0.543 e. The molecular formula is C12H4ClF3N3O2S-. The van der Waals surface area contributed by atoms with E-state index in [1.54, 1.807) is 17.5 Å². The van der Waals surface area contributed by atoms with Crippen molar-refractivity contribution in [2.24, 2.45) is 0 Å². The Bertz CT molecular complexity index is 874. The minimum atomic E-state index is -4.76. The first-order chi connectivity index (χ1) is 10.3. The zero-order valence-electron chi connectivity index (χ0n) is 10.4. The maximum absolute atomic E-state index is 13.2. The number of aromatic carboxylic acids is 1. The summed E-state index contributed by atoms with van der Waals surface area (Å²) in [7, 11) is 0. The summed E-state index contributed by atoms with van der Waals surface area (Å²) in [4.78, 5) is 15.4. The number of alkyl halides is 3. The lowest BCUT2D eigenvalue weighted by Gasteiger charge is -2.10. The number of aromatic nitrogens is 3. The van der Waals surface area contributed by atoms with E-state index in [0.29, 0.717) is 9.39 Å². The second-order valence-electron chi connectivity index (χ2n) is 4.19. The van der Waals surface area contributed by atoms with Crippen molar-refractivity contribution in [1.29, 1.82) is 0 Å². The lowest BCUT2D eigenvalue weighted by Crippen LogP contribution is -2.23. The maximum Gasteiger partial charge on any atom is 0.433 e. The number of carbonyl (C=O) groups excluding carboxylic acids is 1. The number of hydrogen-bond acceptors (Lipinski definition) is 5. The van der Waals surface area contributed by atoms with Gasteiger partial charge in [-0.2, -0.15) is 18.3 Å². The van der Waals surface area contributed by atoms with Gasteiger partial charge in [0, 0.05) is 0 Å². The molecule has 3 heterocycles. The number of fused-ring (bicyclic) bond motifs is 1. The van der Waals surface area contributed by atoms with Crippen LogP contribution < -0.4 is 5.11 Å². The Hall–Kier alpha value is -2.13. The molecule has 0 fully saturated rings. The van der Waals surface area contributed by atoms with Gasteiger partial charge in [-0.1, -0.05) is 17.7 Å². The van der Waals surface area contributed by atoms with E-state index < -0.39 is 28.6 Å². The summed E-state index contributed by atoms with van der Waals surface area (Å²) in [6, 6.07) is 4.04. The molecule has 0 aliphatic carbocycles. The van der Waals surface area contributed by atoms with E-state index in [1.165, 1.54) is 11.3 Å². The third-order valence-corrected chi connectivity index (χ3v) is 4.03. The average Bonchev–Trinajstić information content (AvgIpc) is 3.05. The predicted molar refractivity (Wildman–Crippen MR) is 70.6 cm³/mol. The third-order valence-electron chi connectivity index (χ3n) is 2.79. The van der Waals surface area contributed by atoms with Gasteiger partial charge in [0.1, 0.15) is 10.7 Å². The second kappa shape index (κ2) is 4.96. The zero-order valence-corrected chi connectivity index (χ0v) is 12.0. The lowest BCUT2D eigenvalue weighted by atomic mass is 10.2. The van der Waals surface area contributed by atoms with Crippen LogP contribution in [-0.2, 0) is 6.18 Å². The van der Waals surface area contributed by atoms with E-state index >= 15 is 0 Å². The Morgan fingerprint density at radius 2 is 2.14 bits per heavy atom. The number of carboxylic acid groups (broad SMARTS) is 1. The van der Waals surface area contributed by atoms with Crippen LogP contribution in [0.25, 0.3) is 16.2 Å². The second-order valence-corrected chi connectivity index (χ2v) is 5.51. The SMILES string of the molecule is O=C([O-])c1nn2c(C(F)(F)F)cc(-c3cccs3)nc2c1Cl. The van der Waals surface area contributed by atoms with Crippen molar-refractivity contribution in [1.82, 2.24) is 14.6 Å². The molecule has 5 nitrogen and oxygen atoms in total. The molecule has 3 rings (SSSR count).